The van der Waals surface area contributed by atoms with Gasteiger partial charge in [-0.25, -0.2) is 0 Å². The van der Waals surface area contributed by atoms with E-state index in [1.807, 2.05) is 31.2 Å². The molecule has 0 unspecified atom stereocenters. The van der Waals surface area contributed by atoms with Crippen LogP contribution in [0, 0.1) is 17.0 Å². The second-order valence-electron chi connectivity index (χ2n) is 5.34. The van der Waals surface area contributed by atoms with Crippen molar-refractivity contribution in [3.05, 3.63) is 63.7 Å². The van der Waals surface area contributed by atoms with Gasteiger partial charge in [0.05, 0.1) is 9.82 Å². The number of nitro benzene ring substituents is 1. The summed E-state index contributed by atoms with van der Waals surface area (Å²) in [6.07, 6.45) is 0. The maximum Gasteiger partial charge on any atom is 0.284 e. The lowest BCUT2D eigenvalue weighted by Crippen LogP contribution is -1.97. The third-order valence-corrected chi connectivity index (χ3v) is 4.37. The summed E-state index contributed by atoms with van der Waals surface area (Å²) in [5.74, 6) is 0.101. The van der Waals surface area contributed by atoms with E-state index in [0.29, 0.717) is 10.8 Å². The van der Waals surface area contributed by atoms with E-state index in [2.05, 4.69) is 10.2 Å². The number of ketones is 1. The summed E-state index contributed by atoms with van der Waals surface area (Å²) in [5.41, 5.74) is 1.99. The summed E-state index contributed by atoms with van der Waals surface area (Å²) >= 11 is 0.988. The van der Waals surface area contributed by atoms with Crippen molar-refractivity contribution < 1.29 is 14.1 Å². The molecule has 0 N–H and O–H groups in total. The largest absolute Gasteiger partial charge is 0.411 e. The molecule has 8 heteroatoms. The summed E-state index contributed by atoms with van der Waals surface area (Å²) in [6, 6.07) is 11.9. The summed E-state index contributed by atoms with van der Waals surface area (Å²) in [7, 11) is 0. The SMILES string of the molecule is CC(=O)c1ccc(Sc2nnc(-c3ccc(C)cc3)o2)c([N+](=O)[O-])c1. The van der Waals surface area contributed by atoms with Gasteiger partial charge in [-0.15, -0.1) is 10.2 Å². The van der Waals surface area contributed by atoms with E-state index in [-0.39, 0.29) is 22.3 Å². The van der Waals surface area contributed by atoms with Gasteiger partial charge in [-0.05, 0) is 49.9 Å². The predicted octanol–water partition coefficient (Wildman–Crippen LogP) is 4.31. The molecule has 0 aliphatic rings. The van der Waals surface area contributed by atoms with Gasteiger partial charge in [0.2, 0.25) is 5.89 Å². The molecule has 0 saturated heterocycles. The van der Waals surface area contributed by atoms with E-state index < -0.39 is 4.92 Å². The van der Waals surface area contributed by atoms with Crippen LogP contribution in [-0.2, 0) is 0 Å². The number of aryl methyl sites for hydroxylation is 1. The first-order valence-electron chi connectivity index (χ1n) is 7.32. The molecule has 126 valence electrons. The van der Waals surface area contributed by atoms with E-state index in [9.17, 15) is 14.9 Å². The van der Waals surface area contributed by atoms with Crippen LogP contribution < -0.4 is 0 Å². The van der Waals surface area contributed by atoms with Crippen molar-refractivity contribution in [2.75, 3.05) is 0 Å². The molecule has 0 fully saturated rings. The van der Waals surface area contributed by atoms with Crippen LogP contribution in [0.5, 0.6) is 0 Å². The van der Waals surface area contributed by atoms with Crippen molar-refractivity contribution in [1.82, 2.24) is 10.2 Å². The molecular formula is C17H13N3O4S. The van der Waals surface area contributed by atoms with E-state index in [0.717, 1.165) is 22.9 Å². The first kappa shape index (κ1) is 16.8. The number of hydrogen-bond donors (Lipinski definition) is 0. The van der Waals surface area contributed by atoms with Gasteiger partial charge in [0.1, 0.15) is 0 Å². The highest BCUT2D eigenvalue weighted by Gasteiger charge is 2.20. The molecule has 3 rings (SSSR count). The smallest absolute Gasteiger partial charge is 0.284 e. The molecule has 0 aliphatic heterocycles. The Morgan fingerprint density at radius 1 is 1.16 bits per heavy atom. The summed E-state index contributed by atoms with van der Waals surface area (Å²) in [5, 5.41) is 19.3. The molecule has 0 spiro atoms. The van der Waals surface area contributed by atoms with Crippen molar-refractivity contribution >= 4 is 23.2 Å². The Balaban J connectivity index is 1.89. The molecule has 0 atom stereocenters. The zero-order valence-electron chi connectivity index (χ0n) is 13.4. The van der Waals surface area contributed by atoms with Crippen molar-refractivity contribution in [2.24, 2.45) is 0 Å². The summed E-state index contributed by atoms with van der Waals surface area (Å²) in [4.78, 5) is 22.5. The Morgan fingerprint density at radius 2 is 1.88 bits per heavy atom. The predicted molar refractivity (Wildman–Crippen MR) is 91.7 cm³/mol. The van der Waals surface area contributed by atoms with E-state index in [1.165, 1.54) is 25.1 Å². The summed E-state index contributed by atoms with van der Waals surface area (Å²) in [6.45, 7) is 3.33. The van der Waals surface area contributed by atoms with Crippen molar-refractivity contribution in [1.29, 1.82) is 0 Å². The fraction of sp³-hybridized carbons (Fsp3) is 0.118. The Hall–Kier alpha value is -3.00. The molecule has 0 radical (unpaired) electrons. The molecule has 3 aromatic rings. The lowest BCUT2D eigenvalue weighted by molar-refractivity contribution is -0.387. The number of benzene rings is 2. The van der Waals surface area contributed by atoms with Crippen LogP contribution in [-0.4, -0.2) is 20.9 Å². The van der Waals surface area contributed by atoms with Gasteiger partial charge >= 0.3 is 0 Å². The number of aromatic nitrogens is 2. The molecule has 1 heterocycles. The normalized spacial score (nSPS) is 10.6. The third-order valence-electron chi connectivity index (χ3n) is 3.46. The number of carbonyl (C=O) groups excluding carboxylic acids is 1. The van der Waals surface area contributed by atoms with Gasteiger partial charge in [0, 0.05) is 17.2 Å². The molecular weight excluding hydrogens is 342 g/mol. The Morgan fingerprint density at radius 3 is 2.52 bits per heavy atom. The molecule has 25 heavy (non-hydrogen) atoms. The molecule has 7 nitrogen and oxygen atoms in total. The van der Waals surface area contributed by atoms with Gasteiger partial charge in [-0.3, -0.25) is 14.9 Å². The molecule has 0 amide bonds. The van der Waals surface area contributed by atoms with Crippen LogP contribution in [0.15, 0.2) is 57.0 Å². The van der Waals surface area contributed by atoms with Crippen LogP contribution in [0.3, 0.4) is 0 Å². The highest BCUT2D eigenvalue weighted by molar-refractivity contribution is 7.99. The zero-order valence-corrected chi connectivity index (χ0v) is 14.2. The second-order valence-corrected chi connectivity index (χ2v) is 6.33. The van der Waals surface area contributed by atoms with Crippen LogP contribution in [0.2, 0.25) is 0 Å². The average molecular weight is 355 g/mol. The van der Waals surface area contributed by atoms with Crippen LogP contribution in [0.25, 0.3) is 11.5 Å². The molecule has 0 aliphatic carbocycles. The Bertz CT molecular complexity index is 951. The van der Waals surface area contributed by atoms with E-state index in [4.69, 9.17) is 4.42 Å². The number of hydrogen-bond acceptors (Lipinski definition) is 7. The standard InChI is InChI=1S/C17H13N3O4S/c1-10-3-5-12(6-4-10)16-18-19-17(24-16)25-15-8-7-13(11(2)21)9-14(15)20(22)23/h3-9H,1-2H3. The molecule has 1 aromatic heterocycles. The number of Topliss-reactive ketones (excluding diaryl/α,β-unsaturated/α-hetero) is 1. The van der Waals surface area contributed by atoms with E-state index in [1.54, 1.807) is 0 Å². The lowest BCUT2D eigenvalue weighted by Gasteiger charge is -2.01. The molecule has 0 bridgehead atoms. The van der Waals surface area contributed by atoms with Crippen molar-refractivity contribution in [3.63, 3.8) is 0 Å². The zero-order chi connectivity index (χ0) is 18.0. The van der Waals surface area contributed by atoms with Crippen LogP contribution in [0.4, 0.5) is 5.69 Å². The van der Waals surface area contributed by atoms with Gasteiger partial charge in [-0.1, -0.05) is 17.7 Å². The molecule has 2 aromatic carbocycles. The fourth-order valence-corrected chi connectivity index (χ4v) is 2.89. The van der Waals surface area contributed by atoms with E-state index >= 15 is 0 Å². The van der Waals surface area contributed by atoms with Crippen molar-refractivity contribution in [2.45, 2.75) is 24.0 Å². The maximum absolute atomic E-state index is 11.4. The first-order chi connectivity index (χ1) is 11.9. The average Bonchev–Trinajstić information content (AvgIpc) is 3.04. The number of rotatable bonds is 5. The van der Waals surface area contributed by atoms with Crippen LogP contribution in [0.1, 0.15) is 22.8 Å². The number of carbonyl (C=O) groups is 1. The van der Waals surface area contributed by atoms with Gasteiger partial charge in [-0.2, -0.15) is 0 Å². The Labute approximate surface area is 147 Å². The number of nitro groups is 1. The first-order valence-corrected chi connectivity index (χ1v) is 8.13. The minimum Gasteiger partial charge on any atom is -0.411 e. The highest BCUT2D eigenvalue weighted by atomic mass is 32.2. The maximum atomic E-state index is 11.4. The topological polar surface area (TPSA) is 99.1 Å². The minimum absolute atomic E-state index is 0.173. The summed E-state index contributed by atoms with van der Waals surface area (Å²) < 4.78 is 5.58. The van der Waals surface area contributed by atoms with Gasteiger partial charge in [0.15, 0.2) is 5.78 Å². The van der Waals surface area contributed by atoms with Crippen molar-refractivity contribution in [3.8, 4) is 11.5 Å². The van der Waals surface area contributed by atoms with Gasteiger partial charge < -0.3 is 4.42 Å². The number of nitrogens with zero attached hydrogens (tertiary/aromatic N) is 3. The second kappa shape index (κ2) is 6.86. The van der Waals surface area contributed by atoms with Gasteiger partial charge in [0.25, 0.3) is 10.9 Å². The lowest BCUT2D eigenvalue weighted by atomic mass is 10.1. The quantitative estimate of drug-likeness (QED) is 0.382. The monoisotopic (exact) mass is 355 g/mol. The van der Waals surface area contributed by atoms with Crippen LogP contribution >= 0.6 is 11.8 Å². The highest BCUT2D eigenvalue weighted by Crippen LogP contribution is 2.35. The fourth-order valence-electron chi connectivity index (χ4n) is 2.12. The third kappa shape index (κ3) is 3.74. The molecule has 0 saturated carbocycles. The Kier molecular flexibility index (Phi) is 4.62. The minimum atomic E-state index is -0.536.